The fourth-order valence-electron chi connectivity index (χ4n) is 0.955. The number of carboxylic acids is 1. The molecule has 0 fully saturated rings. The highest BCUT2D eigenvalue weighted by Crippen LogP contribution is 2.32. The number of hydrogen-bond acceptors (Lipinski definition) is 2. The Morgan fingerprint density at radius 2 is 1.67 bits per heavy atom. The van der Waals surface area contributed by atoms with Crippen molar-refractivity contribution in [3.63, 3.8) is 0 Å². The molecular formula is C8H4Br2F2O3. The molecule has 0 saturated carbocycles. The fraction of sp³-hybridized carbons (Fsp3) is 0.125. The summed E-state index contributed by atoms with van der Waals surface area (Å²) in [5.74, 6) is -3.99. The molecule has 0 spiro atoms. The molecule has 1 unspecified atom stereocenters. The van der Waals surface area contributed by atoms with Crippen molar-refractivity contribution in [2.24, 2.45) is 0 Å². The van der Waals surface area contributed by atoms with E-state index in [1.807, 2.05) is 0 Å². The molecule has 1 aromatic carbocycles. The van der Waals surface area contributed by atoms with Gasteiger partial charge >= 0.3 is 5.97 Å². The van der Waals surface area contributed by atoms with Crippen molar-refractivity contribution in [1.29, 1.82) is 0 Å². The molecular weight excluding hydrogens is 342 g/mol. The lowest BCUT2D eigenvalue weighted by Crippen LogP contribution is -2.15. The number of aliphatic hydroxyl groups is 1. The van der Waals surface area contributed by atoms with Gasteiger partial charge < -0.3 is 10.2 Å². The van der Waals surface area contributed by atoms with E-state index < -0.39 is 29.3 Å². The van der Waals surface area contributed by atoms with Crippen molar-refractivity contribution >= 4 is 37.8 Å². The highest BCUT2D eigenvalue weighted by molar-refractivity contribution is 9.11. The minimum Gasteiger partial charge on any atom is -0.479 e. The maximum absolute atomic E-state index is 13.3. The van der Waals surface area contributed by atoms with Crippen LogP contribution in [0.5, 0.6) is 0 Å². The molecule has 7 heteroatoms. The molecule has 1 atom stereocenters. The lowest BCUT2D eigenvalue weighted by atomic mass is 10.1. The number of benzene rings is 1. The van der Waals surface area contributed by atoms with Crippen LogP contribution in [0.3, 0.4) is 0 Å². The molecule has 1 aromatic rings. The van der Waals surface area contributed by atoms with E-state index in [0.717, 1.165) is 6.07 Å². The van der Waals surface area contributed by atoms with E-state index in [4.69, 9.17) is 10.2 Å². The van der Waals surface area contributed by atoms with E-state index in [1.54, 1.807) is 0 Å². The molecule has 0 aliphatic carbocycles. The Hall–Kier alpha value is -0.530. The first kappa shape index (κ1) is 12.5. The van der Waals surface area contributed by atoms with E-state index in [9.17, 15) is 13.6 Å². The van der Waals surface area contributed by atoms with E-state index in [-0.39, 0.29) is 8.95 Å². The predicted octanol–water partition coefficient (Wildman–Crippen LogP) is 2.61. The average Bonchev–Trinajstić information content (AvgIpc) is 2.15. The zero-order chi connectivity index (χ0) is 11.7. The van der Waals surface area contributed by atoms with Crippen LogP contribution in [0.2, 0.25) is 0 Å². The zero-order valence-electron chi connectivity index (χ0n) is 6.97. The molecule has 0 amide bonds. The Morgan fingerprint density at radius 1 is 1.27 bits per heavy atom. The van der Waals surface area contributed by atoms with Gasteiger partial charge in [0.1, 0.15) is 11.6 Å². The summed E-state index contributed by atoms with van der Waals surface area (Å²) >= 11 is 5.55. The topological polar surface area (TPSA) is 57.5 Å². The smallest absolute Gasteiger partial charge is 0.337 e. The number of carboxylic acid groups (broad SMARTS) is 1. The summed E-state index contributed by atoms with van der Waals surface area (Å²) < 4.78 is 26.4. The Balaban J connectivity index is 3.45. The average molecular weight is 346 g/mol. The first-order valence-electron chi connectivity index (χ1n) is 3.60. The van der Waals surface area contributed by atoms with Gasteiger partial charge in [-0.25, -0.2) is 13.6 Å². The first-order valence-corrected chi connectivity index (χ1v) is 5.18. The van der Waals surface area contributed by atoms with Crippen molar-refractivity contribution in [2.45, 2.75) is 6.10 Å². The lowest BCUT2D eigenvalue weighted by molar-refractivity contribution is -0.147. The number of halogens is 4. The summed E-state index contributed by atoms with van der Waals surface area (Å²) in [6.07, 6.45) is -2.24. The molecule has 0 aliphatic heterocycles. The van der Waals surface area contributed by atoms with E-state index in [1.165, 1.54) is 0 Å². The molecule has 3 nitrogen and oxygen atoms in total. The van der Waals surface area contributed by atoms with Crippen LogP contribution in [0.25, 0.3) is 0 Å². The summed E-state index contributed by atoms with van der Waals surface area (Å²) in [5.41, 5.74) is -0.899. The SMILES string of the molecule is O=C(O)C(O)c1c(F)c(Br)cc(Br)c1F. The van der Waals surface area contributed by atoms with Gasteiger partial charge in [0, 0.05) is 0 Å². The maximum atomic E-state index is 13.3. The van der Waals surface area contributed by atoms with Crippen LogP contribution in [0.1, 0.15) is 11.7 Å². The van der Waals surface area contributed by atoms with Gasteiger partial charge in [-0.2, -0.15) is 0 Å². The van der Waals surface area contributed by atoms with Gasteiger partial charge in [0.05, 0.1) is 14.5 Å². The van der Waals surface area contributed by atoms with Crippen LogP contribution in [0.4, 0.5) is 8.78 Å². The molecule has 0 aromatic heterocycles. The van der Waals surface area contributed by atoms with Crippen LogP contribution >= 0.6 is 31.9 Å². The van der Waals surface area contributed by atoms with Crippen molar-refractivity contribution in [2.75, 3.05) is 0 Å². The second-order valence-electron chi connectivity index (χ2n) is 2.62. The van der Waals surface area contributed by atoms with Gasteiger partial charge in [0.25, 0.3) is 0 Å². The molecule has 0 heterocycles. The molecule has 82 valence electrons. The maximum Gasteiger partial charge on any atom is 0.337 e. The largest absolute Gasteiger partial charge is 0.479 e. The number of aliphatic hydroxyl groups excluding tert-OH is 1. The molecule has 0 radical (unpaired) electrons. The fourth-order valence-corrected chi connectivity index (χ4v) is 2.15. The number of hydrogen-bond donors (Lipinski definition) is 2. The third-order valence-electron chi connectivity index (χ3n) is 1.65. The minimum absolute atomic E-state index is 0.133. The minimum atomic E-state index is -2.24. The number of aliphatic carboxylic acids is 1. The third kappa shape index (κ3) is 2.35. The Labute approximate surface area is 100.0 Å². The van der Waals surface area contributed by atoms with Gasteiger partial charge in [-0.05, 0) is 37.9 Å². The zero-order valence-corrected chi connectivity index (χ0v) is 10.1. The van der Waals surface area contributed by atoms with Gasteiger partial charge in [-0.3, -0.25) is 0 Å². The first-order chi connectivity index (χ1) is 6.86. The highest BCUT2D eigenvalue weighted by Gasteiger charge is 2.27. The Bertz CT molecular complexity index is 397. The Morgan fingerprint density at radius 3 is 2.00 bits per heavy atom. The molecule has 0 bridgehead atoms. The Kier molecular flexibility index (Phi) is 3.80. The van der Waals surface area contributed by atoms with E-state index >= 15 is 0 Å². The van der Waals surface area contributed by atoms with Crippen LogP contribution in [-0.2, 0) is 4.79 Å². The monoisotopic (exact) mass is 344 g/mol. The molecule has 0 aliphatic rings. The van der Waals surface area contributed by atoms with Crippen LogP contribution in [0, 0.1) is 11.6 Å². The summed E-state index contributed by atoms with van der Waals surface area (Å²) in [6.45, 7) is 0. The second kappa shape index (κ2) is 4.54. The van der Waals surface area contributed by atoms with Crippen molar-refractivity contribution in [3.05, 3.63) is 32.2 Å². The lowest BCUT2D eigenvalue weighted by Gasteiger charge is -2.10. The quantitative estimate of drug-likeness (QED) is 0.810. The molecule has 0 saturated heterocycles. The molecule has 15 heavy (non-hydrogen) atoms. The summed E-state index contributed by atoms with van der Waals surface area (Å²) in [6, 6.07) is 1.09. The summed E-state index contributed by atoms with van der Waals surface area (Å²) in [5, 5.41) is 17.5. The van der Waals surface area contributed by atoms with Crippen LogP contribution in [0.15, 0.2) is 15.0 Å². The van der Waals surface area contributed by atoms with Crippen LogP contribution in [-0.4, -0.2) is 16.2 Å². The van der Waals surface area contributed by atoms with Gasteiger partial charge in [0.15, 0.2) is 6.10 Å². The van der Waals surface area contributed by atoms with Gasteiger partial charge in [-0.15, -0.1) is 0 Å². The van der Waals surface area contributed by atoms with E-state index in [2.05, 4.69) is 31.9 Å². The predicted molar refractivity (Wildman–Crippen MR) is 54.4 cm³/mol. The number of carbonyl (C=O) groups is 1. The standard InChI is InChI=1S/C8H4Br2F2O3/c9-2-1-3(10)6(12)4(5(2)11)7(13)8(14)15/h1,7,13H,(H,14,15). The van der Waals surface area contributed by atoms with Crippen molar-refractivity contribution < 1.29 is 23.8 Å². The third-order valence-corrected chi connectivity index (χ3v) is 2.81. The molecule has 1 rings (SSSR count). The van der Waals surface area contributed by atoms with Crippen molar-refractivity contribution in [3.8, 4) is 0 Å². The summed E-state index contributed by atoms with van der Waals surface area (Å²) in [4.78, 5) is 10.4. The number of rotatable bonds is 2. The van der Waals surface area contributed by atoms with Gasteiger partial charge in [0.2, 0.25) is 0 Å². The van der Waals surface area contributed by atoms with E-state index in [0.29, 0.717) is 0 Å². The molecule has 2 N–H and O–H groups in total. The van der Waals surface area contributed by atoms with Crippen LogP contribution < -0.4 is 0 Å². The van der Waals surface area contributed by atoms with Gasteiger partial charge in [-0.1, -0.05) is 0 Å². The summed E-state index contributed by atoms with van der Waals surface area (Å²) in [7, 11) is 0. The second-order valence-corrected chi connectivity index (χ2v) is 4.33. The van der Waals surface area contributed by atoms with Crippen molar-refractivity contribution in [1.82, 2.24) is 0 Å². The highest BCUT2D eigenvalue weighted by atomic mass is 79.9. The normalized spacial score (nSPS) is 12.6.